The van der Waals surface area contributed by atoms with E-state index in [1.165, 1.54) is 0 Å². The molecule has 0 spiro atoms. The third-order valence-corrected chi connectivity index (χ3v) is 3.95. The van der Waals surface area contributed by atoms with Crippen LogP contribution in [-0.2, 0) is 0 Å². The van der Waals surface area contributed by atoms with E-state index < -0.39 is 0 Å². The molecule has 3 heteroatoms. The van der Waals surface area contributed by atoms with Gasteiger partial charge >= 0.3 is 0 Å². The Morgan fingerprint density at radius 2 is 1.53 bits per heavy atom. The summed E-state index contributed by atoms with van der Waals surface area (Å²) in [5.41, 5.74) is 0. The summed E-state index contributed by atoms with van der Waals surface area (Å²) >= 11 is 3.60. The summed E-state index contributed by atoms with van der Waals surface area (Å²) < 4.78 is 12.1. The lowest BCUT2D eigenvalue weighted by atomic mass is 10.0. The van der Waals surface area contributed by atoms with Crippen LogP contribution in [0.25, 0.3) is 21.5 Å². The van der Waals surface area contributed by atoms with Crippen LogP contribution in [0.5, 0.6) is 11.5 Å². The highest BCUT2D eigenvalue weighted by molar-refractivity contribution is 9.10. The van der Waals surface area contributed by atoms with E-state index >= 15 is 0 Å². The van der Waals surface area contributed by atoms with Gasteiger partial charge in [0.25, 0.3) is 0 Å². The Balaban J connectivity index is 2.59. The van der Waals surface area contributed by atoms with E-state index in [0.29, 0.717) is 0 Å². The number of methoxy groups -OCH3 is 2. The Hall–Kier alpha value is -1.74. The van der Waals surface area contributed by atoms with Gasteiger partial charge in [-0.2, -0.15) is 0 Å². The van der Waals surface area contributed by atoms with Crippen LogP contribution in [0.2, 0.25) is 0 Å². The summed E-state index contributed by atoms with van der Waals surface area (Å²) in [7, 11) is 3.37. The van der Waals surface area contributed by atoms with Gasteiger partial charge in [0.05, 0.1) is 19.6 Å². The molecule has 0 saturated heterocycles. The van der Waals surface area contributed by atoms with Crippen molar-refractivity contribution in [2.75, 3.05) is 14.2 Å². The van der Waals surface area contributed by atoms with Gasteiger partial charge in [0, 0.05) is 9.86 Å². The quantitative estimate of drug-likeness (QED) is 0.634. The first-order valence-electron chi connectivity index (χ1n) is 5.98. The highest BCUT2D eigenvalue weighted by Gasteiger charge is 2.14. The van der Waals surface area contributed by atoms with Gasteiger partial charge < -0.3 is 9.47 Å². The number of hydrogen-bond donors (Lipinski definition) is 0. The molecule has 2 nitrogen and oxygen atoms in total. The van der Waals surface area contributed by atoms with Gasteiger partial charge in [-0.1, -0.05) is 40.2 Å². The molecule has 0 aliphatic heterocycles. The van der Waals surface area contributed by atoms with E-state index in [-0.39, 0.29) is 0 Å². The Labute approximate surface area is 120 Å². The van der Waals surface area contributed by atoms with Crippen LogP contribution >= 0.6 is 15.9 Å². The van der Waals surface area contributed by atoms with Crippen LogP contribution < -0.4 is 9.47 Å². The number of hydrogen-bond acceptors (Lipinski definition) is 2. The fourth-order valence-electron chi connectivity index (χ4n) is 2.48. The second kappa shape index (κ2) is 4.74. The second-order valence-corrected chi connectivity index (χ2v) is 5.16. The molecule has 0 amide bonds. The largest absolute Gasteiger partial charge is 0.496 e. The molecule has 0 atom stereocenters. The fourth-order valence-corrected chi connectivity index (χ4v) is 3.04. The van der Waals surface area contributed by atoms with E-state index in [0.717, 1.165) is 37.5 Å². The molecule has 0 N–H and O–H groups in total. The zero-order valence-electron chi connectivity index (χ0n) is 10.7. The predicted molar refractivity (Wildman–Crippen MR) is 82.3 cm³/mol. The lowest BCUT2D eigenvalue weighted by Crippen LogP contribution is -1.92. The van der Waals surface area contributed by atoms with Crippen LogP contribution in [0.4, 0.5) is 0 Å². The third kappa shape index (κ3) is 1.85. The molecular formula is C16H13BrO2. The first-order chi connectivity index (χ1) is 9.26. The second-order valence-electron chi connectivity index (χ2n) is 4.31. The summed E-state index contributed by atoms with van der Waals surface area (Å²) in [6, 6.07) is 14.3. The molecular weight excluding hydrogens is 304 g/mol. The molecule has 0 fully saturated rings. The molecule has 0 aliphatic rings. The van der Waals surface area contributed by atoms with E-state index in [2.05, 4.69) is 34.1 Å². The first kappa shape index (κ1) is 12.3. The highest BCUT2D eigenvalue weighted by Crippen LogP contribution is 2.42. The van der Waals surface area contributed by atoms with Crippen molar-refractivity contribution in [1.29, 1.82) is 0 Å². The smallest absolute Gasteiger partial charge is 0.139 e. The fraction of sp³-hybridized carbons (Fsp3) is 0.125. The Kier molecular flexibility index (Phi) is 3.07. The van der Waals surface area contributed by atoms with Gasteiger partial charge in [-0.25, -0.2) is 0 Å². The zero-order valence-corrected chi connectivity index (χ0v) is 12.3. The number of ether oxygens (including phenoxy) is 2. The number of rotatable bonds is 2. The molecule has 3 rings (SSSR count). The summed E-state index contributed by atoms with van der Waals surface area (Å²) in [5, 5.41) is 4.34. The number of benzene rings is 3. The van der Waals surface area contributed by atoms with Crippen molar-refractivity contribution in [2.45, 2.75) is 0 Å². The minimum atomic E-state index is 0.826. The molecule has 0 saturated carbocycles. The van der Waals surface area contributed by atoms with Crippen molar-refractivity contribution in [1.82, 2.24) is 0 Å². The van der Waals surface area contributed by atoms with Gasteiger partial charge in [-0.3, -0.25) is 0 Å². The molecule has 0 aromatic heterocycles. The van der Waals surface area contributed by atoms with Crippen LogP contribution in [0.1, 0.15) is 0 Å². The van der Waals surface area contributed by atoms with Gasteiger partial charge in [-0.15, -0.1) is 0 Å². The van der Waals surface area contributed by atoms with Crippen LogP contribution in [0.3, 0.4) is 0 Å². The summed E-state index contributed by atoms with van der Waals surface area (Å²) in [4.78, 5) is 0. The van der Waals surface area contributed by atoms with Gasteiger partial charge in [-0.05, 0) is 29.0 Å². The highest BCUT2D eigenvalue weighted by atomic mass is 79.9. The zero-order chi connectivity index (χ0) is 13.4. The molecule has 96 valence electrons. The average molecular weight is 317 g/mol. The minimum absolute atomic E-state index is 0.826. The summed E-state index contributed by atoms with van der Waals surface area (Å²) in [6.45, 7) is 0. The Morgan fingerprint density at radius 1 is 0.842 bits per heavy atom. The maximum absolute atomic E-state index is 5.65. The SMILES string of the molecule is COc1cccc2cc3cccc(Br)c3c(OC)c12. The van der Waals surface area contributed by atoms with Crippen LogP contribution in [0.15, 0.2) is 46.9 Å². The van der Waals surface area contributed by atoms with Crippen molar-refractivity contribution in [3.63, 3.8) is 0 Å². The summed E-state index contributed by atoms with van der Waals surface area (Å²) in [6.07, 6.45) is 0. The van der Waals surface area contributed by atoms with Crippen molar-refractivity contribution < 1.29 is 9.47 Å². The third-order valence-electron chi connectivity index (χ3n) is 3.29. The lowest BCUT2D eigenvalue weighted by molar-refractivity contribution is 0.407. The number of fused-ring (bicyclic) bond motifs is 2. The molecule has 0 radical (unpaired) electrons. The van der Waals surface area contributed by atoms with Gasteiger partial charge in [0.15, 0.2) is 0 Å². The molecule has 3 aromatic rings. The molecule has 0 aliphatic carbocycles. The van der Waals surface area contributed by atoms with Crippen LogP contribution in [0, 0.1) is 0 Å². The van der Waals surface area contributed by atoms with E-state index in [1.54, 1.807) is 14.2 Å². The molecule has 19 heavy (non-hydrogen) atoms. The van der Waals surface area contributed by atoms with E-state index in [4.69, 9.17) is 9.47 Å². The maximum Gasteiger partial charge on any atom is 0.139 e. The lowest BCUT2D eigenvalue weighted by Gasteiger charge is -2.14. The Bertz CT molecular complexity index is 765. The minimum Gasteiger partial charge on any atom is -0.496 e. The van der Waals surface area contributed by atoms with E-state index in [1.807, 2.05) is 24.3 Å². The normalized spacial score (nSPS) is 10.9. The molecule has 0 heterocycles. The molecule has 0 bridgehead atoms. The van der Waals surface area contributed by atoms with Crippen molar-refractivity contribution in [2.24, 2.45) is 0 Å². The number of halogens is 1. The van der Waals surface area contributed by atoms with Crippen molar-refractivity contribution >= 4 is 37.5 Å². The standard InChI is InChI=1S/C16H13BrO2/c1-18-13-8-4-6-11-9-10-5-3-7-12(17)14(10)16(19-2)15(11)13/h3-9H,1-2H3. The maximum atomic E-state index is 5.65. The predicted octanol–water partition coefficient (Wildman–Crippen LogP) is 4.77. The first-order valence-corrected chi connectivity index (χ1v) is 6.77. The molecule has 0 unspecified atom stereocenters. The monoisotopic (exact) mass is 316 g/mol. The van der Waals surface area contributed by atoms with Crippen LogP contribution in [-0.4, -0.2) is 14.2 Å². The molecule has 3 aromatic carbocycles. The topological polar surface area (TPSA) is 18.5 Å². The van der Waals surface area contributed by atoms with Crippen molar-refractivity contribution in [3.8, 4) is 11.5 Å². The summed E-state index contributed by atoms with van der Waals surface area (Å²) in [5.74, 6) is 1.67. The van der Waals surface area contributed by atoms with Gasteiger partial charge in [0.1, 0.15) is 11.5 Å². The Morgan fingerprint density at radius 3 is 2.21 bits per heavy atom. The van der Waals surface area contributed by atoms with Gasteiger partial charge in [0.2, 0.25) is 0 Å². The van der Waals surface area contributed by atoms with Crippen molar-refractivity contribution in [3.05, 3.63) is 46.9 Å². The van der Waals surface area contributed by atoms with E-state index in [9.17, 15) is 0 Å². The average Bonchev–Trinajstić information content (AvgIpc) is 2.44.